The predicted octanol–water partition coefficient (Wildman–Crippen LogP) is 4.66. The lowest BCUT2D eigenvalue weighted by Crippen LogP contribution is -2.49. The summed E-state index contributed by atoms with van der Waals surface area (Å²) in [6, 6.07) is 17.0. The third-order valence-electron chi connectivity index (χ3n) is 6.11. The number of piperidine rings is 1. The van der Waals surface area contributed by atoms with Crippen molar-refractivity contribution in [3.8, 4) is 11.3 Å². The Labute approximate surface area is 192 Å². The zero-order valence-electron chi connectivity index (χ0n) is 17.9. The lowest BCUT2D eigenvalue weighted by molar-refractivity contribution is -0.151. The van der Waals surface area contributed by atoms with Gasteiger partial charge in [0.15, 0.2) is 11.7 Å². The van der Waals surface area contributed by atoms with Crippen LogP contribution in [0.25, 0.3) is 11.3 Å². The first-order valence-corrected chi connectivity index (χ1v) is 11.0. The number of hydrogen-bond acceptors (Lipinski definition) is 5. The maximum Gasteiger partial charge on any atom is 0.316 e. The van der Waals surface area contributed by atoms with Crippen molar-refractivity contribution < 1.29 is 18.7 Å². The minimum absolute atomic E-state index is 0.0303. The Kier molecular flexibility index (Phi) is 6.61. The molecule has 1 amide bonds. The van der Waals surface area contributed by atoms with Crippen molar-refractivity contribution in [3.63, 3.8) is 0 Å². The molecule has 32 heavy (non-hydrogen) atoms. The average Bonchev–Trinajstić information content (AvgIpc) is 3.32. The van der Waals surface area contributed by atoms with E-state index in [0.717, 1.165) is 11.1 Å². The van der Waals surface area contributed by atoms with Gasteiger partial charge < -0.3 is 14.1 Å². The van der Waals surface area contributed by atoms with E-state index in [1.165, 1.54) is 7.11 Å². The van der Waals surface area contributed by atoms with Crippen LogP contribution in [0, 0.1) is 0 Å². The third kappa shape index (κ3) is 4.55. The number of amides is 1. The molecule has 4 rings (SSSR count). The van der Waals surface area contributed by atoms with Gasteiger partial charge in [0.1, 0.15) is 0 Å². The van der Waals surface area contributed by atoms with Gasteiger partial charge in [-0.25, -0.2) is 4.98 Å². The van der Waals surface area contributed by atoms with Crippen LogP contribution in [0.5, 0.6) is 0 Å². The zero-order valence-corrected chi connectivity index (χ0v) is 18.7. The maximum atomic E-state index is 12.8. The van der Waals surface area contributed by atoms with E-state index in [4.69, 9.17) is 20.8 Å². The first-order chi connectivity index (χ1) is 15.5. The van der Waals surface area contributed by atoms with Crippen LogP contribution < -0.4 is 0 Å². The number of benzene rings is 2. The average molecular weight is 453 g/mol. The molecular weight excluding hydrogens is 428 g/mol. The predicted molar refractivity (Wildman–Crippen MR) is 121 cm³/mol. The minimum atomic E-state index is -0.706. The smallest absolute Gasteiger partial charge is 0.316 e. The van der Waals surface area contributed by atoms with Crippen molar-refractivity contribution in [2.45, 2.75) is 31.1 Å². The van der Waals surface area contributed by atoms with E-state index in [1.807, 2.05) is 47.4 Å². The van der Waals surface area contributed by atoms with Crippen molar-refractivity contribution in [1.29, 1.82) is 0 Å². The second kappa shape index (κ2) is 9.57. The van der Waals surface area contributed by atoms with E-state index in [1.54, 1.807) is 18.3 Å². The highest BCUT2D eigenvalue weighted by molar-refractivity contribution is 6.30. The topological polar surface area (TPSA) is 72.6 Å². The molecule has 0 aliphatic carbocycles. The Hall–Kier alpha value is -3.12. The van der Waals surface area contributed by atoms with Crippen LogP contribution in [-0.4, -0.2) is 42.0 Å². The number of likely N-dealkylation sites (tertiary alicyclic amines) is 1. The van der Waals surface area contributed by atoms with Gasteiger partial charge in [-0.2, -0.15) is 0 Å². The molecule has 1 saturated heterocycles. The molecule has 7 heteroatoms. The number of carbonyl (C=O) groups excluding carboxylic acids is 2. The van der Waals surface area contributed by atoms with Crippen LogP contribution in [0.4, 0.5) is 0 Å². The van der Waals surface area contributed by atoms with Gasteiger partial charge in [0.25, 0.3) is 0 Å². The molecule has 2 heterocycles. The van der Waals surface area contributed by atoms with Crippen LogP contribution in [0.2, 0.25) is 5.02 Å². The number of ether oxygens (including phenoxy) is 1. The Morgan fingerprint density at radius 2 is 1.78 bits per heavy atom. The summed E-state index contributed by atoms with van der Waals surface area (Å²) in [6.07, 6.45) is 3.46. The molecule has 0 bridgehead atoms. The second-order valence-electron chi connectivity index (χ2n) is 7.95. The Morgan fingerprint density at radius 1 is 1.09 bits per heavy atom. The fourth-order valence-corrected chi connectivity index (χ4v) is 4.37. The van der Waals surface area contributed by atoms with Crippen LogP contribution >= 0.6 is 11.6 Å². The van der Waals surface area contributed by atoms with Crippen LogP contribution in [0.1, 0.15) is 30.7 Å². The second-order valence-corrected chi connectivity index (χ2v) is 8.38. The molecule has 1 fully saturated rings. The molecule has 6 nitrogen and oxygen atoms in total. The zero-order chi connectivity index (χ0) is 22.6. The number of aromatic nitrogens is 1. The number of carbonyl (C=O) groups is 2. The number of methoxy groups -OCH3 is 1. The number of hydrogen-bond donors (Lipinski definition) is 0. The maximum absolute atomic E-state index is 12.8. The molecule has 0 unspecified atom stereocenters. The molecule has 1 aromatic heterocycles. The SMILES string of the molecule is COC(=O)C1(c2ccccc2)CCN(C(=O)CCc2ncc(-c3ccc(Cl)cc3)o2)CC1. The number of halogens is 1. The number of oxazole rings is 1. The van der Waals surface area contributed by atoms with Gasteiger partial charge in [0.2, 0.25) is 5.91 Å². The molecule has 1 aliphatic rings. The summed E-state index contributed by atoms with van der Waals surface area (Å²) < 4.78 is 10.9. The van der Waals surface area contributed by atoms with Gasteiger partial charge in [-0.3, -0.25) is 9.59 Å². The Bertz CT molecular complexity index is 1070. The largest absolute Gasteiger partial charge is 0.468 e. The summed E-state index contributed by atoms with van der Waals surface area (Å²) in [6.45, 7) is 1.01. The van der Waals surface area contributed by atoms with E-state index in [0.29, 0.717) is 55.4 Å². The molecule has 2 aromatic carbocycles. The normalized spacial score (nSPS) is 15.4. The standard InChI is InChI=1S/C25H25ClN2O4/c1-31-24(30)25(19-5-3-2-4-6-19)13-15-28(16-14-25)23(29)12-11-22-27-17-21(32-22)18-7-9-20(26)10-8-18/h2-10,17H,11-16H2,1H3. The Morgan fingerprint density at radius 3 is 2.44 bits per heavy atom. The van der Waals surface area contributed by atoms with Gasteiger partial charge in [-0.15, -0.1) is 0 Å². The quantitative estimate of drug-likeness (QED) is 0.508. The number of nitrogens with zero attached hydrogens (tertiary/aromatic N) is 2. The highest BCUT2D eigenvalue weighted by atomic mass is 35.5. The molecule has 166 valence electrons. The van der Waals surface area contributed by atoms with Gasteiger partial charge in [-0.1, -0.05) is 41.9 Å². The summed E-state index contributed by atoms with van der Waals surface area (Å²) >= 11 is 5.93. The van der Waals surface area contributed by atoms with Crippen molar-refractivity contribution in [2.75, 3.05) is 20.2 Å². The number of aryl methyl sites for hydroxylation is 1. The van der Waals surface area contributed by atoms with Gasteiger partial charge in [0.05, 0.1) is 18.7 Å². The lowest BCUT2D eigenvalue weighted by atomic mass is 9.72. The molecule has 0 spiro atoms. The fraction of sp³-hybridized carbons (Fsp3) is 0.320. The molecule has 1 aliphatic heterocycles. The van der Waals surface area contributed by atoms with Crippen molar-refractivity contribution in [1.82, 2.24) is 9.88 Å². The van der Waals surface area contributed by atoms with Crippen LogP contribution in [-0.2, 0) is 26.2 Å². The van der Waals surface area contributed by atoms with Crippen molar-refractivity contribution in [3.05, 3.63) is 77.3 Å². The minimum Gasteiger partial charge on any atom is -0.468 e. The van der Waals surface area contributed by atoms with Gasteiger partial charge >= 0.3 is 5.97 Å². The monoisotopic (exact) mass is 452 g/mol. The van der Waals surface area contributed by atoms with E-state index in [2.05, 4.69) is 4.98 Å². The lowest BCUT2D eigenvalue weighted by Gasteiger charge is -2.40. The summed E-state index contributed by atoms with van der Waals surface area (Å²) in [4.78, 5) is 31.6. The van der Waals surface area contributed by atoms with E-state index in [9.17, 15) is 9.59 Å². The first-order valence-electron chi connectivity index (χ1n) is 10.6. The van der Waals surface area contributed by atoms with E-state index in [-0.39, 0.29) is 11.9 Å². The number of rotatable bonds is 6. The molecular formula is C25H25ClN2O4. The molecule has 0 saturated carbocycles. The molecule has 0 atom stereocenters. The highest BCUT2D eigenvalue weighted by Crippen LogP contribution is 2.37. The summed E-state index contributed by atoms with van der Waals surface area (Å²) in [5.41, 5.74) is 1.12. The summed E-state index contributed by atoms with van der Waals surface area (Å²) in [7, 11) is 1.42. The fourth-order valence-electron chi connectivity index (χ4n) is 4.25. The Balaban J connectivity index is 1.36. The third-order valence-corrected chi connectivity index (χ3v) is 6.36. The first kappa shape index (κ1) is 22.1. The van der Waals surface area contributed by atoms with E-state index < -0.39 is 5.41 Å². The van der Waals surface area contributed by atoms with Crippen molar-refractivity contribution >= 4 is 23.5 Å². The number of esters is 1. The van der Waals surface area contributed by atoms with Crippen LogP contribution in [0.15, 0.2) is 65.2 Å². The summed E-state index contributed by atoms with van der Waals surface area (Å²) in [5.74, 6) is 0.953. The molecule has 0 N–H and O–H groups in total. The van der Waals surface area contributed by atoms with Gasteiger partial charge in [0, 0.05) is 36.5 Å². The van der Waals surface area contributed by atoms with Crippen molar-refractivity contribution in [2.24, 2.45) is 0 Å². The highest BCUT2D eigenvalue weighted by Gasteiger charge is 2.44. The van der Waals surface area contributed by atoms with Gasteiger partial charge in [-0.05, 0) is 42.7 Å². The van der Waals surface area contributed by atoms with Crippen LogP contribution in [0.3, 0.4) is 0 Å². The summed E-state index contributed by atoms with van der Waals surface area (Å²) in [5, 5.41) is 0.657. The molecule has 3 aromatic rings. The molecule has 0 radical (unpaired) electrons. The van der Waals surface area contributed by atoms with E-state index >= 15 is 0 Å².